The molecule has 0 unspecified atom stereocenters. The SMILES string of the molecule is CC1=CC[C@@H]2C(=O)N(c3ccccc3C(=O)Nc3ccc(C(=O)Nc4ccc(Oc5ccc(C)cc5)cc4)cc3)C(=O)[C@H]2C1. The van der Waals surface area contributed by atoms with E-state index in [9.17, 15) is 19.2 Å². The van der Waals surface area contributed by atoms with Gasteiger partial charge >= 0.3 is 0 Å². The number of benzene rings is 4. The summed E-state index contributed by atoms with van der Waals surface area (Å²) in [6, 6.07) is 27.9. The lowest BCUT2D eigenvalue weighted by Gasteiger charge is -2.19. The number of carbonyl (C=O) groups is 4. The zero-order valence-electron chi connectivity index (χ0n) is 24.4. The molecule has 4 aromatic carbocycles. The fraction of sp³-hybridized carbons (Fsp3) is 0.167. The van der Waals surface area contributed by atoms with E-state index in [2.05, 4.69) is 10.6 Å². The van der Waals surface area contributed by atoms with E-state index in [4.69, 9.17) is 4.74 Å². The highest BCUT2D eigenvalue weighted by atomic mass is 16.5. The molecule has 1 saturated heterocycles. The van der Waals surface area contributed by atoms with E-state index in [1.807, 2.05) is 44.2 Å². The maximum atomic E-state index is 13.3. The van der Waals surface area contributed by atoms with Crippen molar-refractivity contribution in [2.45, 2.75) is 26.7 Å². The van der Waals surface area contributed by atoms with Gasteiger partial charge in [-0.25, -0.2) is 4.90 Å². The van der Waals surface area contributed by atoms with Crippen molar-refractivity contribution in [3.63, 3.8) is 0 Å². The molecule has 2 N–H and O–H groups in total. The lowest BCUT2D eigenvalue weighted by Crippen LogP contribution is -2.33. The Labute approximate surface area is 255 Å². The molecule has 8 heteroatoms. The average molecular weight is 586 g/mol. The molecule has 6 rings (SSSR count). The van der Waals surface area contributed by atoms with Crippen LogP contribution in [0, 0.1) is 18.8 Å². The Bertz CT molecular complexity index is 1780. The highest BCUT2D eigenvalue weighted by Gasteiger charge is 2.49. The number of hydrogen-bond acceptors (Lipinski definition) is 5. The van der Waals surface area contributed by atoms with Gasteiger partial charge in [0.05, 0.1) is 23.1 Å². The predicted molar refractivity (Wildman–Crippen MR) is 169 cm³/mol. The molecule has 8 nitrogen and oxygen atoms in total. The third-order valence-corrected chi connectivity index (χ3v) is 7.99. The van der Waals surface area contributed by atoms with Crippen LogP contribution >= 0.6 is 0 Å². The van der Waals surface area contributed by atoms with Crippen molar-refractivity contribution in [2.75, 3.05) is 15.5 Å². The molecule has 1 heterocycles. The molecule has 0 bridgehead atoms. The van der Waals surface area contributed by atoms with E-state index in [0.717, 1.165) is 16.9 Å². The summed E-state index contributed by atoms with van der Waals surface area (Å²) in [5.41, 5.74) is 4.22. The lowest BCUT2D eigenvalue weighted by atomic mass is 9.82. The van der Waals surface area contributed by atoms with Crippen molar-refractivity contribution in [2.24, 2.45) is 11.8 Å². The first kappa shape index (κ1) is 28.6. The molecule has 0 spiro atoms. The quantitative estimate of drug-likeness (QED) is 0.177. The van der Waals surface area contributed by atoms with Gasteiger partial charge in [-0.1, -0.05) is 41.5 Å². The second-order valence-electron chi connectivity index (χ2n) is 11.2. The summed E-state index contributed by atoms with van der Waals surface area (Å²) in [5, 5.41) is 5.68. The van der Waals surface area contributed by atoms with Gasteiger partial charge in [0.25, 0.3) is 11.8 Å². The molecule has 44 heavy (non-hydrogen) atoms. The Kier molecular flexibility index (Phi) is 7.81. The van der Waals surface area contributed by atoms with Crippen LogP contribution in [-0.4, -0.2) is 23.6 Å². The van der Waals surface area contributed by atoms with Crippen LogP contribution in [0.4, 0.5) is 17.1 Å². The minimum atomic E-state index is -0.462. The first-order valence-corrected chi connectivity index (χ1v) is 14.5. The minimum Gasteiger partial charge on any atom is -0.457 e. The molecule has 220 valence electrons. The molecular formula is C36H31N3O5. The number of hydrogen-bond donors (Lipinski definition) is 2. The number of carbonyl (C=O) groups excluding carboxylic acids is 4. The summed E-state index contributed by atoms with van der Waals surface area (Å²) >= 11 is 0. The standard InChI is InChI=1S/C36H31N3O5/c1-22-7-16-27(17-8-22)44-28-18-14-26(15-19-28)37-33(40)24-10-12-25(13-11-24)38-34(41)30-5-3-4-6-32(30)39-35(42)29-20-9-23(2)21-31(29)36(39)43/h3-19,29,31H,20-21H2,1-2H3,(H,37,40)(H,38,41)/t29-,31-/m0/s1. The first-order chi connectivity index (χ1) is 21.3. The van der Waals surface area contributed by atoms with Gasteiger partial charge in [0.1, 0.15) is 11.5 Å². The van der Waals surface area contributed by atoms with Gasteiger partial charge in [-0.05, 0) is 99.5 Å². The Balaban J connectivity index is 1.09. The highest BCUT2D eigenvalue weighted by Crippen LogP contribution is 2.40. The number of para-hydroxylation sites is 1. The predicted octanol–water partition coefficient (Wildman–Crippen LogP) is 7.14. The van der Waals surface area contributed by atoms with Crippen molar-refractivity contribution in [1.29, 1.82) is 0 Å². The second kappa shape index (κ2) is 12.0. The first-order valence-electron chi connectivity index (χ1n) is 14.5. The minimum absolute atomic E-state index is 0.217. The van der Waals surface area contributed by atoms with E-state index < -0.39 is 17.7 Å². The van der Waals surface area contributed by atoms with Crippen molar-refractivity contribution in [3.05, 3.63) is 125 Å². The molecule has 2 aliphatic rings. The van der Waals surface area contributed by atoms with Crippen LogP contribution in [-0.2, 0) is 9.59 Å². The molecule has 4 amide bonds. The molecule has 2 atom stereocenters. The van der Waals surface area contributed by atoms with Gasteiger partial charge in [0, 0.05) is 16.9 Å². The van der Waals surface area contributed by atoms with Crippen LogP contribution in [0.25, 0.3) is 0 Å². The van der Waals surface area contributed by atoms with E-state index in [-0.39, 0.29) is 29.0 Å². The zero-order chi connectivity index (χ0) is 30.8. The van der Waals surface area contributed by atoms with Crippen molar-refractivity contribution >= 4 is 40.7 Å². The van der Waals surface area contributed by atoms with Crippen LogP contribution < -0.4 is 20.3 Å². The second-order valence-corrected chi connectivity index (χ2v) is 11.2. The van der Waals surface area contributed by atoms with Crippen LogP contribution in [0.2, 0.25) is 0 Å². The number of amides is 4. The molecule has 1 aliphatic carbocycles. The van der Waals surface area contributed by atoms with Gasteiger partial charge in [-0.15, -0.1) is 0 Å². The molecule has 0 saturated carbocycles. The monoisotopic (exact) mass is 585 g/mol. The van der Waals surface area contributed by atoms with Crippen LogP contribution in [0.15, 0.2) is 109 Å². The Morgan fingerprint density at radius 2 is 1.27 bits per heavy atom. The average Bonchev–Trinajstić information content (AvgIpc) is 3.27. The number of ether oxygens (including phenoxy) is 1. The van der Waals surface area contributed by atoms with E-state index in [0.29, 0.717) is 35.5 Å². The number of allylic oxidation sites excluding steroid dienone is 2. The zero-order valence-corrected chi connectivity index (χ0v) is 24.4. The molecule has 0 radical (unpaired) electrons. The number of imide groups is 1. The third-order valence-electron chi connectivity index (χ3n) is 7.99. The fourth-order valence-corrected chi connectivity index (χ4v) is 5.59. The smallest absolute Gasteiger partial charge is 0.257 e. The van der Waals surface area contributed by atoms with E-state index in [1.54, 1.807) is 72.8 Å². The summed E-state index contributed by atoms with van der Waals surface area (Å²) in [4.78, 5) is 53.8. The van der Waals surface area contributed by atoms with Crippen LogP contribution in [0.3, 0.4) is 0 Å². The number of nitrogens with zero attached hydrogens (tertiary/aromatic N) is 1. The third kappa shape index (κ3) is 5.87. The fourth-order valence-electron chi connectivity index (χ4n) is 5.59. The number of nitrogens with one attached hydrogen (secondary N) is 2. The number of aryl methyl sites for hydroxylation is 1. The lowest BCUT2D eigenvalue weighted by molar-refractivity contribution is -0.122. The molecule has 0 aromatic heterocycles. The van der Waals surface area contributed by atoms with Crippen molar-refractivity contribution in [3.8, 4) is 11.5 Å². The molecule has 1 aliphatic heterocycles. The van der Waals surface area contributed by atoms with Crippen LogP contribution in [0.5, 0.6) is 11.5 Å². The Morgan fingerprint density at radius 3 is 1.95 bits per heavy atom. The summed E-state index contributed by atoms with van der Waals surface area (Å²) in [6.07, 6.45) is 3.09. The Hall–Kier alpha value is -5.50. The summed E-state index contributed by atoms with van der Waals surface area (Å²) in [6.45, 7) is 3.98. The largest absolute Gasteiger partial charge is 0.457 e. The van der Waals surface area contributed by atoms with Gasteiger partial charge in [0.15, 0.2) is 0 Å². The van der Waals surface area contributed by atoms with Gasteiger partial charge < -0.3 is 15.4 Å². The Morgan fingerprint density at radius 1 is 0.705 bits per heavy atom. The van der Waals surface area contributed by atoms with Crippen LogP contribution in [0.1, 0.15) is 46.0 Å². The summed E-state index contributed by atoms with van der Waals surface area (Å²) in [7, 11) is 0. The normalized spacial score (nSPS) is 17.5. The molecular weight excluding hydrogens is 554 g/mol. The maximum Gasteiger partial charge on any atom is 0.257 e. The van der Waals surface area contributed by atoms with Gasteiger partial charge in [-0.3, -0.25) is 19.2 Å². The van der Waals surface area contributed by atoms with Crippen molar-refractivity contribution < 1.29 is 23.9 Å². The van der Waals surface area contributed by atoms with Gasteiger partial charge in [-0.2, -0.15) is 0 Å². The number of rotatable bonds is 7. The summed E-state index contributed by atoms with van der Waals surface area (Å²) < 4.78 is 5.84. The highest BCUT2D eigenvalue weighted by molar-refractivity contribution is 6.25. The number of anilines is 3. The van der Waals surface area contributed by atoms with E-state index in [1.165, 1.54) is 4.90 Å². The maximum absolute atomic E-state index is 13.3. The summed E-state index contributed by atoms with van der Waals surface area (Å²) in [5.74, 6) is -0.723. The topological polar surface area (TPSA) is 105 Å². The van der Waals surface area contributed by atoms with Gasteiger partial charge in [0.2, 0.25) is 11.8 Å². The molecule has 1 fully saturated rings. The van der Waals surface area contributed by atoms with Crippen molar-refractivity contribution in [1.82, 2.24) is 0 Å². The number of fused-ring (bicyclic) bond motifs is 1. The molecule has 4 aromatic rings. The van der Waals surface area contributed by atoms with E-state index >= 15 is 0 Å².